The van der Waals surface area contributed by atoms with E-state index in [4.69, 9.17) is 0 Å². The second-order valence-corrected chi connectivity index (χ2v) is 5.11. The van der Waals surface area contributed by atoms with Crippen molar-refractivity contribution in [2.24, 2.45) is 11.8 Å². The smallest absolute Gasteiger partial charge is 0.307 e. The summed E-state index contributed by atoms with van der Waals surface area (Å²) in [5.74, 6) is -1.05. The number of hydrogen-bond donors (Lipinski definition) is 2. The Labute approximate surface area is 106 Å². The van der Waals surface area contributed by atoms with Crippen LogP contribution in [-0.2, 0) is 22.4 Å². The molecule has 1 aliphatic rings. The zero-order chi connectivity index (χ0) is 13.3. The van der Waals surface area contributed by atoms with Crippen LogP contribution in [0.4, 0.5) is 5.69 Å². The number of aliphatic carboxylic acids is 1. The molecule has 0 fully saturated rings. The van der Waals surface area contributed by atoms with Crippen molar-refractivity contribution >= 4 is 17.6 Å². The van der Waals surface area contributed by atoms with E-state index in [2.05, 4.69) is 5.32 Å². The zero-order valence-corrected chi connectivity index (χ0v) is 10.6. The molecule has 4 heteroatoms. The van der Waals surface area contributed by atoms with Crippen LogP contribution in [0.5, 0.6) is 0 Å². The van der Waals surface area contributed by atoms with Crippen molar-refractivity contribution in [2.45, 2.75) is 26.7 Å². The molecule has 1 amide bonds. The van der Waals surface area contributed by atoms with Gasteiger partial charge in [0, 0.05) is 5.69 Å². The maximum Gasteiger partial charge on any atom is 0.307 e. The van der Waals surface area contributed by atoms with Crippen LogP contribution >= 0.6 is 0 Å². The molecule has 0 spiro atoms. The first-order valence-electron chi connectivity index (χ1n) is 6.12. The number of carboxylic acids is 1. The molecular formula is C14H17NO3. The fraction of sp³-hybridized carbons (Fsp3) is 0.429. The first kappa shape index (κ1) is 12.6. The molecule has 1 unspecified atom stereocenters. The first-order valence-corrected chi connectivity index (χ1v) is 6.12. The third-order valence-corrected chi connectivity index (χ3v) is 3.37. The van der Waals surface area contributed by atoms with Gasteiger partial charge >= 0.3 is 5.97 Å². The molecule has 4 nitrogen and oxygen atoms in total. The highest BCUT2D eigenvalue weighted by molar-refractivity contribution is 5.99. The SMILES string of the molecule is CC(C)C(Cc1ccc2c(c1)CC(=O)N2)C(=O)O. The van der Waals surface area contributed by atoms with Crippen LogP contribution in [-0.4, -0.2) is 17.0 Å². The third-order valence-electron chi connectivity index (χ3n) is 3.37. The van der Waals surface area contributed by atoms with Gasteiger partial charge in [0.1, 0.15) is 0 Å². The van der Waals surface area contributed by atoms with E-state index in [1.165, 1.54) is 0 Å². The summed E-state index contributed by atoms with van der Waals surface area (Å²) in [7, 11) is 0. The summed E-state index contributed by atoms with van der Waals surface area (Å²) in [4.78, 5) is 22.4. The molecule has 0 saturated carbocycles. The van der Waals surface area contributed by atoms with Crippen molar-refractivity contribution < 1.29 is 14.7 Å². The van der Waals surface area contributed by atoms with E-state index < -0.39 is 5.97 Å². The van der Waals surface area contributed by atoms with E-state index in [1.54, 1.807) is 0 Å². The molecule has 0 radical (unpaired) electrons. The van der Waals surface area contributed by atoms with Gasteiger partial charge in [-0.1, -0.05) is 26.0 Å². The lowest BCUT2D eigenvalue weighted by Crippen LogP contribution is -2.22. The maximum absolute atomic E-state index is 11.2. The number of amides is 1. The summed E-state index contributed by atoms with van der Waals surface area (Å²) >= 11 is 0. The summed E-state index contributed by atoms with van der Waals surface area (Å²) < 4.78 is 0. The summed E-state index contributed by atoms with van der Waals surface area (Å²) in [6.45, 7) is 3.83. The molecule has 0 saturated heterocycles. The minimum atomic E-state index is -0.764. The minimum absolute atomic E-state index is 0.000735. The third kappa shape index (κ3) is 2.53. The minimum Gasteiger partial charge on any atom is -0.481 e. The van der Waals surface area contributed by atoms with Gasteiger partial charge in [-0.15, -0.1) is 0 Å². The number of carbonyl (C=O) groups excluding carboxylic acids is 1. The quantitative estimate of drug-likeness (QED) is 0.856. The first-order chi connectivity index (χ1) is 8.47. The number of fused-ring (bicyclic) bond motifs is 1. The van der Waals surface area contributed by atoms with E-state index in [0.717, 1.165) is 16.8 Å². The summed E-state index contributed by atoms with van der Waals surface area (Å²) in [5.41, 5.74) is 2.79. The normalized spacial score (nSPS) is 15.4. The molecule has 1 aromatic carbocycles. The Hall–Kier alpha value is -1.84. The fourth-order valence-corrected chi connectivity index (χ4v) is 2.27. The van der Waals surface area contributed by atoms with Crippen molar-refractivity contribution in [1.29, 1.82) is 0 Å². The largest absolute Gasteiger partial charge is 0.481 e. The van der Waals surface area contributed by atoms with Crippen LogP contribution < -0.4 is 5.32 Å². The average Bonchev–Trinajstić information content (AvgIpc) is 2.64. The van der Waals surface area contributed by atoms with Gasteiger partial charge in [-0.2, -0.15) is 0 Å². The molecule has 1 aromatic rings. The monoisotopic (exact) mass is 247 g/mol. The highest BCUT2D eigenvalue weighted by Gasteiger charge is 2.23. The zero-order valence-electron chi connectivity index (χ0n) is 10.6. The number of anilines is 1. The van der Waals surface area contributed by atoms with E-state index >= 15 is 0 Å². The number of carbonyl (C=O) groups is 2. The molecule has 0 aromatic heterocycles. The van der Waals surface area contributed by atoms with Gasteiger partial charge in [0.25, 0.3) is 0 Å². The molecule has 2 rings (SSSR count). The lowest BCUT2D eigenvalue weighted by molar-refractivity contribution is -0.143. The van der Waals surface area contributed by atoms with E-state index in [9.17, 15) is 14.7 Å². The second-order valence-electron chi connectivity index (χ2n) is 5.11. The van der Waals surface area contributed by atoms with Crippen molar-refractivity contribution in [3.63, 3.8) is 0 Å². The van der Waals surface area contributed by atoms with E-state index in [0.29, 0.717) is 12.8 Å². The van der Waals surface area contributed by atoms with Gasteiger partial charge in [0.15, 0.2) is 0 Å². The van der Waals surface area contributed by atoms with Crippen molar-refractivity contribution in [3.05, 3.63) is 29.3 Å². The van der Waals surface area contributed by atoms with E-state index in [1.807, 2.05) is 32.0 Å². The molecule has 1 heterocycles. The Morgan fingerprint density at radius 1 is 1.44 bits per heavy atom. The molecular weight excluding hydrogens is 230 g/mol. The molecule has 1 aliphatic heterocycles. The summed E-state index contributed by atoms with van der Waals surface area (Å²) in [5, 5.41) is 11.9. The van der Waals surface area contributed by atoms with Crippen LogP contribution in [0.15, 0.2) is 18.2 Å². The number of rotatable bonds is 4. The van der Waals surface area contributed by atoms with Gasteiger partial charge in [0.05, 0.1) is 12.3 Å². The molecule has 0 aliphatic carbocycles. The Morgan fingerprint density at radius 3 is 2.78 bits per heavy atom. The lowest BCUT2D eigenvalue weighted by Gasteiger charge is -2.16. The van der Waals surface area contributed by atoms with Crippen LogP contribution in [0.2, 0.25) is 0 Å². The summed E-state index contributed by atoms with van der Waals surface area (Å²) in [6, 6.07) is 5.68. The van der Waals surface area contributed by atoms with Crippen LogP contribution in [0.1, 0.15) is 25.0 Å². The molecule has 0 bridgehead atoms. The summed E-state index contributed by atoms with van der Waals surface area (Å²) in [6.07, 6.45) is 0.900. The highest BCUT2D eigenvalue weighted by Crippen LogP contribution is 2.26. The van der Waals surface area contributed by atoms with Crippen molar-refractivity contribution in [1.82, 2.24) is 0 Å². The maximum atomic E-state index is 11.2. The van der Waals surface area contributed by atoms with E-state index in [-0.39, 0.29) is 17.7 Å². The Morgan fingerprint density at radius 2 is 2.17 bits per heavy atom. The lowest BCUT2D eigenvalue weighted by atomic mass is 9.89. The molecule has 96 valence electrons. The number of carboxylic acid groups (broad SMARTS) is 1. The standard InChI is InChI=1S/C14H17NO3/c1-8(2)11(14(17)18)6-9-3-4-12-10(5-9)7-13(16)15-12/h3-5,8,11H,6-7H2,1-2H3,(H,15,16)(H,17,18). The Balaban J connectivity index is 2.18. The number of nitrogens with one attached hydrogen (secondary N) is 1. The van der Waals surface area contributed by atoms with Gasteiger partial charge in [0.2, 0.25) is 5.91 Å². The topological polar surface area (TPSA) is 66.4 Å². The molecule has 1 atom stereocenters. The highest BCUT2D eigenvalue weighted by atomic mass is 16.4. The van der Waals surface area contributed by atoms with Crippen molar-refractivity contribution in [2.75, 3.05) is 5.32 Å². The average molecular weight is 247 g/mol. The van der Waals surface area contributed by atoms with Crippen LogP contribution in [0.3, 0.4) is 0 Å². The predicted molar refractivity (Wildman–Crippen MR) is 68.4 cm³/mol. The molecule has 2 N–H and O–H groups in total. The fourth-order valence-electron chi connectivity index (χ4n) is 2.27. The van der Waals surface area contributed by atoms with Crippen LogP contribution in [0.25, 0.3) is 0 Å². The van der Waals surface area contributed by atoms with Crippen molar-refractivity contribution in [3.8, 4) is 0 Å². The Bertz CT molecular complexity index is 494. The number of benzene rings is 1. The number of hydrogen-bond acceptors (Lipinski definition) is 2. The van der Waals surface area contributed by atoms with Gasteiger partial charge < -0.3 is 10.4 Å². The predicted octanol–water partition coefficient (Wildman–Crippen LogP) is 2.08. The molecule has 18 heavy (non-hydrogen) atoms. The van der Waals surface area contributed by atoms with Crippen LogP contribution in [0, 0.1) is 11.8 Å². The Kier molecular flexibility index (Phi) is 3.36. The van der Waals surface area contributed by atoms with Gasteiger partial charge in [-0.3, -0.25) is 9.59 Å². The second kappa shape index (κ2) is 4.80. The van der Waals surface area contributed by atoms with Gasteiger partial charge in [-0.05, 0) is 29.5 Å². The van der Waals surface area contributed by atoms with Gasteiger partial charge in [-0.25, -0.2) is 0 Å².